The molecule has 0 radical (unpaired) electrons. The second kappa shape index (κ2) is 10.8. The summed E-state index contributed by atoms with van der Waals surface area (Å²) in [4.78, 5) is 27.3. The van der Waals surface area contributed by atoms with Crippen LogP contribution in [0.2, 0.25) is 0 Å². The molecule has 0 aliphatic carbocycles. The number of benzene rings is 2. The van der Waals surface area contributed by atoms with Crippen molar-refractivity contribution in [2.24, 2.45) is 0 Å². The van der Waals surface area contributed by atoms with Crippen molar-refractivity contribution in [2.45, 2.75) is 72.0 Å². The maximum Gasteiger partial charge on any atom is 0.242 e. The van der Waals surface area contributed by atoms with Gasteiger partial charge in [0.15, 0.2) is 0 Å². The quantitative estimate of drug-likeness (QED) is 0.671. The van der Waals surface area contributed by atoms with E-state index in [0.29, 0.717) is 25.3 Å². The van der Waals surface area contributed by atoms with Crippen LogP contribution in [0.5, 0.6) is 0 Å². The fourth-order valence-electron chi connectivity index (χ4n) is 3.23. The third-order valence-electron chi connectivity index (χ3n) is 5.07. The number of nitrogens with zero attached hydrogens (tertiary/aromatic N) is 1. The second-order valence-corrected chi connectivity index (χ2v) is 8.24. The minimum absolute atomic E-state index is 0.00630. The van der Waals surface area contributed by atoms with Crippen molar-refractivity contribution in [3.8, 4) is 0 Å². The van der Waals surface area contributed by atoms with Crippen LogP contribution in [-0.2, 0) is 22.6 Å². The van der Waals surface area contributed by atoms with E-state index in [2.05, 4.69) is 43.4 Å². The topological polar surface area (TPSA) is 49.4 Å². The van der Waals surface area contributed by atoms with Gasteiger partial charge in [0.25, 0.3) is 0 Å². The maximum absolute atomic E-state index is 13.1. The van der Waals surface area contributed by atoms with Gasteiger partial charge >= 0.3 is 0 Å². The van der Waals surface area contributed by atoms with Crippen LogP contribution in [0.1, 0.15) is 63.6 Å². The van der Waals surface area contributed by atoms with Crippen LogP contribution in [-0.4, -0.2) is 28.8 Å². The van der Waals surface area contributed by atoms with Crippen LogP contribution in [0, 0.1) is 0 Å². The minimum Gasteiger partial charge on any atom is -0.352 e. The minimum atomic E-state index is -0.520. The summed E-state index contributed by atoms with van der Waals surface area (Å²) in [5.74, 6) is 0.367. The molecule has 1 unspecified atom stereocenters. The lowest BCUT2D eigenvalue weighted by atomic mass is 10.00. The van der Waals surface area contributed by atoms with Gasteiger partial charge in [0.05, 0.1) is 0 Å². The molecule has 4 heteroatoms. The lowest BCUT2D eigenvalue weighted by molar-refractivity contribution is -0.140. The van der Waals surface area contributed by atoms with E-state index in [0.717, 1.165) is 11.1 Å². The molecule has 0 saturated carbocycles. The molecule has 0 saturated heterocycles. The molecule has 0 aliphatic heterocycles. The van der Waals surface area contributed by atoms with Gasteiger partial charge < -0.3 is 10.2 Å². The number of hydrogen-bond donors (Lipinski definition) is 1. The van der Waals surface area contributed by atoms with Gasteiger partial charge in [-0.25, -0.2) is 0 Å². The second-order valence-electron chi connectivity index (χ2n) is 8.24. The molecule has 2 amide bonds. The average molecular weight is 395 g/mol. The molecule has 2 rings (SSSR count). The molecule has 29 heavy (non-hydrogen) atoms. The van der Waals surface area contributed by atoms with E-state index >= 15 is 0 Å². The average Bonchev–Trinajstić information content (AvgIpc) is 2.70. The number of carbonyl (C=O) groups is 2. The molecule has 4 nitrogen and oxygen atoms in total. The van der Waals surface area contributed by atoms with Gasteiger partial charge in [-0.3, -0.25) is 9.59 Å². The Morgan fingerprint density at radius 1 is 0.862 bits per heavy atom. The van der Waals surface area contributed by atoms with Crippen LogP contribution in [0.15, 0.2) is 54.6 Å². The molecule has 1 atom stereocenters. The summed E-state index contributed by atoms with van der Waals surface area (Å²) in [7, 11) is 0. The molecule has 2 aromatic rings. The standard InChI is InChI=1S/C25H34N2O2/c1-18(2)23-14-11-21(12-15-23)13-16-24(28)27(17-22-9-7-6-8-10-22)20(5)25(29)26-19(3)4/h6-12,14-15,18-20H,13,16-17H2,1-5H3,(H,26,29). The number of rotatable bonds is 9. The van der Waals surface area contributed by atoms with Crippen LogP contribution in [0.4, 0.5) is 0 Å². The molecule has 0 aromatic heterocycles. The molecule has 1 N–H and O–H groups in total. The van der Waals surface area contributed by atoms with Crippen molar-refractivity contribution in [3.63, 3.8) is 0 Å². The Kier molecular flexibility index (Phi) is 8.44. The van der Waals surface area contributed by atoms with E-state index in [4.69, 9.17) is 0 Å². The Morgan fingerprint density at radius 3 is 2.03 bits per heavy atom. The highest BCUT2D eigenvalue weighted by Gasteiger charge is 2.26. The Bertz CT molecular complexity index is 782. The van der Waals surface area contributed by atoms with Crippen molar-refractivity contribution in [1.82, 2.24) is 10.2 Å². The van der Waals surface area contributed by atoms with Gasteiger partial charge in [-0.2, -0.15) is 0 Å². The molecule has 156 valence electrons. The predicted octanol–water partition coefficient (Wildman–Crippen LogP) is 4.68. The van der Waals surface area contributed by atoms with E-state index in [1.54, 1.807) is 11.8 Å². The van der Waals surface area contributed by atoms with Gasteiger partial charge in [-0.15, -0.1) is 0 Å². The Hall–Kier alpha value is -2.62. The normalized spacial score (nSPS) is 12.1. The van der Waals surface area contributed by atoms with Crippen LogP contribution >= 0.6 is 0 Å². The zero-order valence-electron chi connectivity index (χ0n) is 18.3. The molecule has 2 aromatic carbocycles. The summed E-state index contributed by atoms with van der Waals surface area (Å²) in [6.07, 6.45) is 1.05. The predicted molar refractivity (Wildman–Crippen MR) is 119 cm³/mol. The van der Waals surface area contributed by atoms with Gasteiger partial charge in [-0.1, -0.05) is 68.4 Å². The van der Waals surface area contributed by atoms with Crippen molar-refractivity contribution >= 4 is 11.8 Å². The summed E-state index contributed by atoms with van der Waals surface area (Å²) in [5, 5.41) is 2.92. The van der Waals surface area contributed by atoms with Crippen LogP contribution < -0.4 is 5.32 Å². The zero-order valence-corrected chi connectivity index (χ0v) is 18.3. The monoisotopic (exact) mass is 394 g/mol. The summed E-state index contributed by atoms with van der Waals surface area (Å²) in [6, 6.07) is 17.8. The van der Waals surface area contributed by atoms with Gasteiger partial charge in [0, 0.05) is 19.0 Å². The Morgan fingerprint density at radius 2 is 1.48 bits per heavy atom. The number of aryl methyl sites for hydroxylation is 1. The third-order valence-corrected chi connectivity index (χ3v) is 5.07. The smallest absolute Gasteiger partial charge is 0.242 e. The first kappa shape index (κ1) is 22.7. The van der Waals surface area contributed by atoms with Gasteiger partial charge in [-0.05, 0) is 49.8 Å². The van der Waals surface area contributed by atoms with Crippen LogP contribution in [0.3, 0.4) is 0 Å². The molecular formula is C25H34N2O2. The summed E-state index contributed by atoms with van der Waals surface area (Å²) < 4.78 is 0. The SMILES string of the molecule is CC(C)NC(=O)C(C)N(Cc1ccccc1)C(=O)CCc1ccc(C(C)C)cc1. The molecule has 0 aliphatic rings. The Balaban J connectivity index is 2.09. The number of amides is 2. The third kappa shape index (κ3) is 7.04. The molecule has 0 spiro atoms. The van der Waals surface area contributed by atoms with E-state index in [1.807, 2.05) is 44.2 Å². The fraction of sp³-hybridized carbons (Fsp3) is 0.440. The lowest BCUT2D eigenvalue weighted by Gasteiger charge is -2.29. The first-order chi connectivity index (χ1) is 13.8. The fourth-order valence-corrected chi connectivity index (χ4v) is 3.23. The molecular weight excluding hydrogens is 360 g/mol. The highest BCUT2D eigenvalue weighted by Crippen LogP contribution is 2.17. The molecule has 0 bridgehead atoms. The van der Waals surface area contributed by atoms with Crippen molar-refractivity contribution in [3.05, 3.63) is 71.3 Å². The highest BCUT2D eigenvalue weighted by molar-refractivity contribution is 5.87. The zero-order chi connectivity index (χ0) is 21.4. The van der Waals surface area contributed by atoms with Crippen molar-refractivity contribution < 1.29 is 9.59 Å². The van der Waals surface area contributed by atoms with Crippen molar-refractivity contribution in [1.29, 1.82) is 0 Å². The summed E-state index contributed by atoms with van der Waals surface area (Å²) in [5.41, 5.74) is 3.46. The van der Waals surface area contributed by atoms with E-state index < -0.39 is 6.04 Å². The number of carbonyl (C=O) groups excluding carboxylic acids is 2. The number of hydrogen-bond acceptors (Lipinski definition) is 2. The Labute approximate surface area is 175 Å². The van der Waals surface area contributed by atoms with Crippen molar-refractivity contribution in [2.75, 3.05) is 0 Å². The van der Waals surface area contributed by atoms with E-state index in [9.17, 15) is 9.59 Å². The molecule has 0 heterocycles. The summed E-state index contributed by atoms with van der Waals surface area (Å²) >= 11 is 0. The largest absolute Gasteiger partial charge is 0.352 e. The van der Waals surface area contributed by atoms with Crippen LogP contribution in [0.25, 0.3) is 0 Å². The van der Waals surface area contributed by atoms with Gasteiger partial charge in [0.1, 0.15) is 6.04 Å². The first-order valence-corrected chi connectivity index (χ1v) is 10.5. The van der Waals surface area contributed by atoms with E-state index in [1.165, 1.54) is 5.56 Å². The highest BCUT2D eigenvalue weighted by atomic mass is 16.2. The summed E-state index contributed by atoms with van der Waals surface area (Å²) in [6.45, 7) is 10.4. The van der Waals surface area contributed by atoms with E-state index in [-0.39, 0.29) is 17.9 Å². The maximum atomic E-state index is 13.1. The molecule has 0 fully saturated rings. The number of nitrogens with one attached hydrogen (secondary N) is 1. The first-order valence-electron chi connectivity index (χ1n) is 10.5. The van der Waals surface area contributed by atoms with Gasteiger partial charge in [0.2, 0.25) is 11.8 Å². The lowest BCUT2D eigenvalue weighted by Crippen LogP contribution is -2.49.